The van der Waals surface area contributed by atoms with Crippen molar-refractivity contribution in [1.82, 2.24) is 0 Å². The minimum atomic E-state index is -0.315. The van der Waals surface area contributed by atoms with Crippen LogP contribution in [0.5, 0.6) is 0 Å². The van der Waals surface area contributed by atoms with Crippen LogP contribution in [0.15, 0.2) is 303 Å². The lowest BCUT2D eigenvalue weighted by atomic mass is 9.72. The van der Waals surface area contributed by atoms with Crippen molar-refractivity contribution >= 4 is 77.3 Å². The molecular formula is C93H86N4+2. The van der Waals surface area contributed by atoms with E-state index in [0.717, 1.165) is 45.2 Å². The minimum absolute atomic E-state index is 0.255. The summed E-state index contributed by atoms with van der Waals surface area (Å²) in [6, 6.07) is 95.7. The highest BCUT2D eigenvalue weighted by molar-refractivity contribution is 6.10. The van der Waals surface area contributed by atoms with Crippen LogP contribution in [0.3, 0.4) is 0 Å². The first-order valence-corrected chi connectivity index (χ1v) is 35.2. The lowest BCUT2D eigenvalue weighted by Crippen LogP contribution is -2.33. The quantitative estimate of drug-likeness (QED) is 0.0894. The summed E-state index contributed by atoms with van der Waals surface area (Å²) in [5.41, 5.74) is 22.9. The van der Waals surface area contributed by atoms with E-state index in [1.165, 1.54) is 144 Å². The summed E-state index contributed by atoms with van der Waals surface area (Å²) in [5.74, 6) is 0. The van der Waals surface area contributed by atoms with E-state index in [4.69, 9.17) is 0 Å². The van der Waals surface area contributed by atoms with Crippen LogP contribution < -0.4 is 9.80 Å². The Morgan fingerprint density at radius 1 is 0.309 bits per heavy atom. The zero-order valence-corrected chi connectivity index (χ0v) is 57.5. The summed E-state index contributed by atoms with van der Waals surface area (Å²) in [4.78, 5) is 5.13. The van der Waals surface area contributed by atoms with Gasteiger partial charge in [0.2, 0.25) is 11.4 Å². The maximum atomic E-state index is 2.57. The number of rotatable bonds is 16. The molecule has 0 amide bonds. The molecule has 4 heteroatoms. The molecule has 12 aromatic carbocycles. The molecule has 12 aromatic rings. The Morgan fingerprint density at radius 2 is 0.608 bits per heavy atom. The average molecular weight is 1260 g/mol. The van der Waals surface area contributed by atoms with Crippen LogP contribution in [0.1, 0.15) is 97.2 Å². The van der Waals surface area contributed by atoms with E-state index in [1.807, 2.05) is 0 Å². The minimum Gasteiger partial charge on any atom is -0.344 e. The molecule has 0 N–H and O–H groups in total. The van der Waals surface area contributed by atoms with Gasteiger partial charge in [0.25, 0.3) is 0 Å². The number of hydrogen-bond acceptors (Lipinski definition) is 2. The Bertz CT molecular complexity index is 4970. The van der Waals surface area contributed by atoms with Crippen LogP contribution in [0.25, 0.3) is 43.1 Å². The van der Waals surface area contributed by atoms with E-state index < -0.39 is 0 Å². The van der Waals surface area contributed by atoms with Gasteiger partial charge in [-0.3, -0.25) is 0 Å². The van der Waals surface area contributed by atoms with E-state index in [9.17, 15) is 0 Å². The number of benzene rings is 12. The van der Waals surface area contributed by atoms with Gasteiger partial charge in [-0.25, -0.2) is 0 Å². The standard InChI is InChI=1S/C93H86N4/c1-9-96-80-57-53-72-33-19-23-37-76(72)88(80)92(5,60-66-27-13-11-14-28-66)84(96)41-25-39-82-90(3,86-74-35-21-17-31-70(74)51-55-78(86)94(82)7)62-68-47-43-64(44-48-68)59-65-45-49-69(50-46-65)63-91(4)83(95(8)79-56-52-71-32-18-22-36-75(71)87(79)91)40-26-42-85-93(6,61-67-29-15-12-16-30-67)89-77-38-24-20-34-73(77)54-58-81(89)97(85)10-2/h11-58H,9-10,59-63H2,1-8H3/q+2. The predicted molar refractivity (Wildman–Crippen MR) is 411 cm³/mol. The van der Waals surface area contributed by atoms with Crippen LogP contribution >= 0.6 is 0 Å². The molecule has 0 radical (unpaired) electrons. The zero-order valence-electron chi connectivity index (χ0n) is 57.5. The molecule has 476 valence electrons. The fourth-order valence-corrected chi connectivity index (χ4v) is 18.3. The van der Waals surface area contributed by atoms with Crippen LogP contribution in [0, 0.1) is 0 Å². The van der Waals surface area contributed by atoms with Gasteiger partial charge in [0.15, 0.2) is 11.4 Å². The number of allylic oxidation sites excluding steroid dienone is 8. The van der Waals surface area contributed by atoms with Crippen molar-refractivity contribution in [2.24, 2.45) is 0 Å². The molecule has 0 aliphatic carbocycles. The van der Waals surface area contributed by atoms with Gasteiger partial charge in [-0.2, -0.15) is 9.15 Å². The number of fused-ring (bicyclic) bond motifs is 12. The highest BCUT2D eigenvalue weighted by Gasteiger charge is 2.51. The van der Waals surface area contributed by atoms with Crippen molar-refractivity contribution in [3.63, 3.8) is 0 Å². The Kier molecular flexibility index (Phi) is 15.4. The lowest BCUT2D eigenvalue weighted by molar-refractivity contribution is -0.401. The van der Waals surface area contributed by atoms with Gasteiger partial charge in [0.05, 0.1) is 10.8 Å². The molecular weight excluding hydrogens is 1170 g/mol. The van der Waals surface area contributed by atoms with Crippen molar-refractivity contribution in [1.29, 1.82) is 0 Å². The molecule has 4 atom stereocenters. The monoisotopic (exact) mass is 1260 g/mol. The first kappa shape index (κ1) is 61.5. The average Bonchev–Trinajstić information content (AvgIpc) is 1.59. The van der Waals surface area contributed by atoms with E-state index in [-0.39, 0.29) is 21.7 Å². The topological polar surface area (TPSA) is 12.5 Å². The molecule has 4 unspecified atom stereocenters. The molecule has 0 spiro atoms. The molecule has 4 aliphatic rings. The molecule has 97 heavy (non-hydrogen) atoms. The van der Waals surface area contributed by atoms with E-state index in [0.29, 0.717) is 0 Å². The molecule has 16 rings (SSSR count). The molecule has 0 saturated carbocycles. The van der Waals surface area contributed by atoms with Crippen molar-refractivity contribution in [3.05, 3.63) is 358 Å². The molecule has 0 aromatic heterocycles. The van der Waals surface area contributed by atoms with E-state index in [1.54, 1.807) is 0 Å². The summed E-state index contributed by atoms with van der Waals surface area (Å²) in [6.45, 7) is 16.3. The Morgan fingerprint density at radius 3 is 0.969 bits per heavy atom. The van der Waals surface area contributed by atoms with Crippen LogP contribution in [-0.4, -0.2) is 47.8 Å². The Hall–Kier alpha value is -10.4. The summed E-state index contributed by atoms with van der Waals surface area (Å²) >= 11 is 0. The van der Waals surface area contributed by atoms with E-state index in [2.05, 4.69) is 366 Å². The molecule has 0 saturated heterocycles. The van der Waals surface area contributed by atoms with Crippen molar-refractivity contribution < 1.29 is 9.15 Å². The van der Waals surface area contributed by atoms with Gasteiger partial charge in [-0.15, -0.1) is 0 Å². The highest BCUT2D eigenvalue weighted by atomic mass is 15.2. The number of anilines is 2. The first-order valence-electron chi connectivity index (χ1n) is 35.2. The summed E-state index contributed by atoms with van der Waals surface area (Å²) in [5, 5.41) is 10.4. The van der Waals surface area contributed by atoms with Crippen molar-refractivity contribution in [3.8, 4) is 0 Å². The molecule has 0 bridgehead atoms. The SMILES string of the molecule is CCN1/C(=C/C=C/C2=[N+](C)c3ccc4ccccc4c3C2(C)Cc2ccc(Cc3ccc(CC4(C)C(/C=C/C=C5/N(CC)c6ccc7ccccc7c6C5(C)Cc5ccccc5)=[N+](C)c5ccc6ccccc6c54)cc3)cc2)C(C)(Cc2ccccc2)c2c1ccc1ccccc21. The zero-order chi connectivity index (χ0) is 66.2. The Labute approximate surface area is 573 Å². The predicted octanol–water partition coefficient (Wildman–Crippen LogP) is 21.3. The van der Waals surface area contributed by atoms with Crippen molar-refractivity contribution in [2.45, 2.75) is 95.3 Å². The third-order valence-corrected chi connectivity index (χ3v) is 22.7. The van der Waals surface area contributed by atoms with Gasteiger partial charge in [0.1, 0.15) is 14.1 Å². The van der Waals surface area contributed by atoms with E-state index >= 15 is 0 Å². The highest BCUT2D eigenvalue weighted by Crippen LogP contribution is 2.55. The van der Waals surface area contributed by atoms with Gasteiger partial charge in [-0.1, -0.05) is 231 Å². The van der Waals surface area contributed by atoms with Gasteiger partial charge in [0, 0.05) is 82.1 Å². The Balaban J connectivity index is 0.686. The molecule has 4 nitrogen and oxygen atoms in total. The largest absolute Gasteiger partial charge is 0.344 e. The number of likely N-dealkylation sites (N-methyl/N-ethyl adjacent to an activating group) is 2. The second-order valence-corrected chi connectivity index (χ2v) is 28.7. The summed E-state index contributed by atoms with van der Waals surface area (Å²) in [7, 11) is 4.55. The van der Waals surface area contributed by atoms with Crippen LogP contribution in [0.4, 0.5) is 22.7 Å². The number of nitrogens with zero attached hydrogens (tertiary/aromatic N) is 4. The fraction of sp³-hybridized carbons (Fsp3) is 0.204. The third kappa shape index (κ3) is 10.2. The maximum Gasteiger partial charge on any atom is 0.210 e. The fourth-order valence-electron chi connectivity index (χ4n) is 18.3. The van der Waals surface area contributed by atoms with Crippen LogP contribution in [-0.2, 0) is 53.8 Å². The van der Waals surface area contributed by atoms with Crippen LogP contribution in [0.2, 0.25) is 0 Å². The maximum absolute atomic E-state index is 2.57. The molecule has 4 aliphatic heterocycles. The summed E-state index contributed by atoms with van der Waals surface area (Å²) < 4.78 is 4.93. The first-order chi connectivity index (χ1) is 47.3. The second kappa shape index (κ2) is 24.3. The van der Waals surface area contributed by atoms with Gasteiger partial charge >= 0.3 is 0 Å². The molecule has 0 fully saturated rings. The van der Waals surface area contributed by atoms with Crippen molar-refractivity contribution in [2.75, 3.05) is 37.0 Å². The number of hydrogen-bond donors (Lipinski definition) is 0. The molecule has 4 heterocycles. The second-order valence-electron chi connectivity index (χ2n) is 28.7. The third-order valence-electron chi connectivity index (χ3n) is 22.7. The normalized spacial score (nSPS) is 21.3. The smallest absolute Gasteiger partial charge is 0.210 e. The van der Waals surface area contributed by atoms with Gasteiger partial charge < -0.3 is 9.80 Å². The van der Waals surface area contributed by atoms with Gasteiger partial charge in [-0.05, 0) is 198 Å². The summed E-state index contributed by atoms with van der Waals surface area (Å²) in [6.07, 6.45) is 18.9. The lowest BCUT2D eigenvalue weighted by Gasteiger charge is -2.30.